The molecule has 10 heteroatoms. The third kappa shape index (κ3) is 8.67. The molecule has 0 spiro atoms. The number of amides is 1. The number of phenolic OH excluding ortho intramolecular Hbond substituents is 1. The second-order valence-electron chi connectivity index (χ2n) is 14.4. The largest absolute Gasteiger partial charge is 0.507 e. The number of pyridine rings is 1. The lowest BCUT2D eigenvalue weighted by atomic mass is 9.96. The molecule has 2 aromatic carbocycles. The van der Waals surface area contributed by atoms with Gasteiger partial charge in [0.25, 0.3) is 0 Å². The summed E-state index contributed by atoms with van der Waals surface area (Å²) in [4.78, 5) is 31.6. The molecule has 1 aliphatic heterocycles. The number of phenols is 1. The van der Waals surface area contributed by atoms with E-state index in [4.69, 9.17) is 18.6 Å². The number of fused-ring (bicyclic) bond motifs is 1. The van der Waals surface area contributed by atoms with E-state index in [1.807, 2.05) is 51.1 Å². The summed E-state index contributed by atoms with van der Waals surface area (Å²) in [5.41, 5.74) is 3.06. The van der Waals surface area contributed by atoms with E-state index in [2.05, 4.69) is 38.8 Å². The zero-order valence-corrected chi connectivity index (χ0v) is 29.5. The van der Waals surface area contributed by atoms with Gasteiger partial charge in [-0.2, -0.15) is 0 Å². The highest BCUT2D eigenvalue weighted by Gasteiger charge is 2.41. The van der Waals surface area contributed by atoms with Gasteiger partial charge in [0.2, 0.25) is 0 Å². The van der Waals surface area contributed by atoms with Crippen LogP contribution in [0.2, 0.25) is 18.1 Å². The van der Waals surface area contributed by atoms with Crippen molar-refractivity contribution < 1.29 is 33.3 Å². The first-order chi connectivity index (χ1) is 21.5. The van der Waals surface area contributed by atoms with Crippen LogP contribution in [-0.2, 0) is 20.3 Å². The smallest absolute Gasteiger partial charge is 0.410 e. The van der Waals surface area contributed by atoms with E-state index < -0.39 is 26.0 Å². The van der Waals surface area contributed by atoms with Gasteiger partial charge in [0.15, 0.2) is 8.32 Å². The Morgan fingerprint density at radius 3 is 2.37 bits per heavy atom. The fourth-order valence-corrected chi connectivity index (χ4v) is 6.33. The summed E-state index contributed by atoms with van der Waals surface area (Å²) < 4.78 is 24.0. The van der Waals surface area contributed by atoms with Gasteiger partial charge in [-0.25, -0.2) is 9.59 Å². The highest BCUT2D eigenvalue weighted by atomic mass is 28.4. The van der Waals surface area contributed by atoms with Gasteiger partial charge in [0, 0.05) is 12.4 Å². The summed E-state index contributed by atoms with van der Waals surface area (Å²) in [5.74, 6) is 0.0243. The molecule has 2 heterocycles. The van der Waals surface area contributed by atoms with Crippen LogP contribution in [0.15, 0.2) is 60.9 Å². The summed E-state index contributed by atoms with van der Waals surface area (Å²) in [6.07, 6.45) is 3.92. The number of aromatic nitrogens is 1. The van der Waals surface area contributed by atoms with Crippen molar-refractivity contribution in [1.29, 1.82) is 0 Å². The minimum Gasteiger partial charge on any atom is -0.507 e. The Bertz CT molecular complexity index is 1530. The first kappa shape index (κ1) is 35.0. The molecule has 2 atom stereocenters. The number of aryl methyl sites for hydroxylation is 1. The van der Waals surface area contributed by atoms with Crippen molar-refractivity contribution in [3.63, 3.8) is 0 Å². The van der Waals surface area contributed by atoms with Gasteiger partial charge in [-0.3, -0.25) is 4.98 Å². The van der Waals surface area contributed by atoms with Crippen molar-refractivity contribution >= 4 is 20.4 Å². The van der Waals surface area contributed by atoms with Crippen LogP contribution in [0.4, 0.5) is 4.79 Å². The Labute approximate surface area is 274 Å². The van der Waals surface area contributed by atoms with E-state index in [0.717, 1.165) is 34.4 Å². The molecule has 0 unspecified atom stereocenters. The fourth-order valence-electron chi connectivity index (χ4n) is 5.05. The zero-order valence-electron chi connectivity index (χ0n) is 28.5. The number of rotatable bonds is 9. The number of esters is 1. The van der Waals surface area contributed by atoms with Crippen LogP contribution >= 0.6 is 0 Å². The van der Waals surface area contributed by atoms with Gasteiger partial charge in [-0.1, -0.05) is 39.0 Å². The predicted molar refractivity (Wildman–Crippen MR) is 181 cm³/mol. The number of hydrogen-bond acceptors (Lipinski definition) is 8. The summed E-state index contributed by atoms with van der Waals surface area (Å²) in [6.45, 7) is 17.2. The molecule has 4 rings (SSSR count). The summed E-state index contributed by atoms with van der Waals surface area (Å²) in [7, 11) is -0.944. The quantitative estimate of drug-likeness (QED) is 0.184. The zero-order chi connectivity index (χ0) is 33.9. The molecule has 0 bridgehead atoms. The van der Waals surface area contributed by atoms with Crippen molar-refractivity contribution in [3.8, 4) is 22.6 Å². The molecule has 46 heavy (non-hydrogen) atoms. The van der Waals surface area contributed by atoms with Gasteiger partial charge in [-0.05, 0) is 104 Å². The maximum Gasteiger partial charge on any atom is 0.410 e. The molecule has 1 aliphatic rings. The second kappa shape index (κ2) is 13.8. The molecule has 1 aromatic heterocycles. The van der Waals surface area contributed by atoms with Crippen LogP contribution in [-0.4, -0.2) is 67.3 Å². The third-order valence-corrected chi connectivity index (χ3v) is 13.1. The monoisotopic (exact) mass is 648 g/mol. The highest BCUT2D eigenvalue weighted by Crippen LogP contribution is 2.40. The molecule has 3 aromatic rings. The van der Waals surface area contributed by atoms with E-state index in [1.165, 1.54) is 7.11 Å². The van der Waals surface area contributed by atoms with Crippen molar-refractivity contribution in [2.24, 2.45) is 0 Å². The Hall–Kier alpha value is -3.89. The number of benzene rings is 2. The summed E-state index contributed by atoms with van der Waals surface area (Å²) >= 11 is 0. The van der Waals surface area contributed by atoms with Crippen molar-refractivity contribution in [2.45, 2.75) is 90.3 Å². The van der Waals surface area contributed by atoms with Crippen molar-refractivity contribution in [2.75, 3.05) is 20.2 Å². The van der Waals surface area contributed by atoms with E-state index in [0.29, 0.717) is 19.5 Å². The van der Waals surface area contributed by atoms with E-state index >= 15 is 0 Å². The summed E-state index contributed by atoms with van der Waals surface area (Å²) in [6, 6.07) is 14.7. The fraction of sp³-hybridized carbons (Fsp3) is 0.472. The Balaban J connectivity index is 1.56. The number of carbonyl (C=O) groups excluding carboxylic acids is 2. The Morgan fingerprint density at radius 1 is 1.07 bits per heavy atom. The average Bonchev–Trinajstić information content (AvgIpc) is 2.98. The lowest BCUT2D eigenvalue weighted by Crippen LogP contribution is -2.48. The minimum atomic E-state index is -2.22. The lowest BCUT2D eigenvalue weighted by molar-refractivity contribution is 0.00490. The number of methoxy groups -OCH3 is 1. The van der Waals surface area contributed by atoms with Gasteiger partial charge in [-0.15, -0.1) is 0 Å². The Morgan fingerprint density at radius 2 is 1.76 bits per heavy atom. The predicted octanol–water partition coefficient (Wildman–Crippen LogP) is 7.93. The maximum absolute atomic E-state index is 13.7. The molecule has 9 nitrogen and oxygen atoms in total. The van der Waals surface area contributed by atoms with Crippen LogP contribution in [0.3, 0.4) is 0 Å². The number of aromatic hydroxyl groups is 1. The molecular formula is C36H48N2O7Si. The van der Waals surface area contributed by atoms with Crippen LogP contribution < -0.4 is 4.74 Å². The Kier molecular flexibility index (Phi) is 10.5. The average molecular weight is 649 g/mol. The first-order valence-electron chi connectivity index (χ1n) is 15.7. The van der Waals surface area contributed by atoms with Gasteiger partial charge < -0.3 is 28.6 Å². The van der Waals surface area contributed by atoms with Crippen molar-refractivity contribution in [3.05, 3.63) is 77.6 Å². The molecular weight excluding hydrogens is 600 g/mol. The van der Waals surface area contributed by atoms with E-state index in [-0.39, 0.29) is 28.6 Å². The molecule has 0 radical (unpaired) electrons. The first-order valence-corrected chi connectivity index (χ1v) is 18.6. The van der Waals surface area contributed by atoms with Gasteiger partial charge in [0.1, 0.15) is 28.8 Å². The normalized spacial score (nSPS) is 15.7. The van der Waals surface area contributed by atoms with E-state index in [9.17, 15) is 14.7 Å². The van der Waals surface area contributed by atoms with Crippen LogP contribution in [0.25, 0.3) is 11.1 Å². The maximum atomic E-state index is 13.7. The molecule has 1 N–H and O–H groups in total. The molecule has 0 saturated heterocycles. The highest BCUT2D eigenvalue weighted by molar-refractivity contribution is 6.74. The molecule has 0 aliphatic carbocycles. The van der Waals surface area contributed by atoms with Crippen LogP contribution in [0.1, 0.15) is 75.6 Å². The standard InChI is InChI=1S/C36H48N2O7Si/c1-35(2,3)44-34(41)38(23-32(27-11-10-18-37-21-27)45-46(8,9)36(4,5)6)22-28-15-12-26-19-24(14-17-31(26)43-28)25-13-16-29(30(39)20-25)33(40)42-7/h10-11,13-14,16-21,28,32,39H,12,15,22-23H2,1-9H3/t28-,32-/m1/s1. The summed E-state index contributed by atoms with van der Waals surface area (Å²) in [5, 5.41) is 10.4. The molecule has 248 valence electrons. The van der Waals surface area contributed by atoms with Crippen molar-refractivity contribution in [1.82, 2.24) is 9.88 Å². The van der Waals surface area contributed by atoms with Crippen LogP contribution in [0, 0.1) is 0 Å². The van der Waals surface area contributed by atoms with E-state index in [1.54, 1.807) is 35.5 Å². The number of carbonyl (C=O) groups is 2. The SMILES string of the molecule is COC(=O)c1ccc(-c2ccc3c(c2)CC[C@H](CN(C[C@@H](O[Si](C)(C)C(C)(C)C)c2cccnc2)C(=O)OC(C)(C)C)O3)cc1O. The second-order valence-corrected chi connectivity index (χ2v) is 19.1. The van der Waals surface area contributed by atoms with Gasteiger partial charge in [0.05, 0.1) is 26.3 Å². The molecule has 0 fully saturated rings. The lowest BCUT2D eigenvalue weighted by Gasteiger charge is -2.41. The van der Waals surface area contributed by atoms with Crippen LogP contribution in [0.5, 0.6) is 11.5 Å². The number of ether oxygens (including phenoxy) is 3. The topological polar surface area (TPSA) is 107 Å². The third-order valence-electron chi connectivity index (χ3n) is 8.59. The number of nitrogens with zero attached hydrogens (tertiary/aromatic N) is 2. The van der Waals surface area contributed by atoms with Gasteiger partial charge >= 0.3 is 12.1 Å². The number of hydrogen-bond donors (Lipinski definition) is 1. The molecule has 0 saturated carbocycles. The minimum absolute atomic E-state index is 0.0264. The molecule has 1 amide bonds.